The smallest absolute Gasteiger partial charge is 0.168 e. The quantitative estimate of drug-likeness (QED) is 0.452. The van der Waals surface area contributed by atoms with Crippen molar-refractivity contribution in [2.45, 2.75) is 63.2 Å². The molecule has 31 heavy (non-hydrogen) atoms. The van der Waals surface area contributed by atoms with E-state index < -0.39 is 31.1 Å². The van der Waals surface area contributed by atoms with Gasteiger partial charge in [-0.3, -0.25) is 9.25 Å². The number of nitrogens with zero attached hydrogens (tertiary/aromatic N) is 6. The van der Waals surface area contributed by atoms with Crippen LogP contribution in [-0.4, -0.2) is 69.5 Å². The second-order valence-electron chi connectivity index (χ2n) is 8.44. The summed E-state index contributed by atoms with van der Waals surface area (Å²) in [4.78, 5) is 13.2. The lowest BCUT2D eigenvalue weighted by Crippen LogP contribution is -2.33. The minimum atomic E-state index is -1.24. The Kier molecular flexibility index (Phi) is 5.34. The predicted octanol–water partition coefficient (Wildman–Crippen LogP) is 0.464. The summed E-state index contributed by atoms with van der Waals surface area (Å²) in [7, 11) is 0. The van der Waals surface area contributed by atoms with Crippen molar-refractivity contribution >= 4 is 17.0 Å². The highest BCUT2D eigenvalue weighted by Gasteiger charge is 2.44. The fourth-order valence-corrected chi connectivity index (χ4v) is 4.58. The molecule has 1 unspecified atom stereocenters. The van der Waals surface area contributed by atoms with Crippen molar-refractivity contribution < 1.29 is 20.1 Å². The molecule has 11 nitrogen and oxygen atoms in total. The first-order valence-electron chi connectivity index (χ1n) is 10.7. The predicted molar refractivity (Wildman–Crippen MR) is 111 cm³/mol. The number of anilines is 1. The maximum atomic E-state index is 10.4. The molecule has 0 amide bonds. The number of ether oxygens (including phenoxy) is 1. The summed E-state index contributed by atoms with van der Waals surface area (Å²) in [5.41, 5.74) is 7.61. The number of nitrogen functional groups attached to an aromatic ring is 1. The van der Waals surface area contributed by atoms with Gasteiger partial charge in [0.1, 0.15) is 23.8 Å². The third-order valence-corrected chi connectivity index (χ3v) is 6.30. The lowest BCUT2D eigenvalue weighted by molar-refractivity contribution is -0.0511. The number of nitrogens with two attached hydrogens (primary N) is 1. The molecule has 2 aliphatic rings. The van der Waals surface area contributed by atoms with Crippen molar-refractivity contribution in [3.8, 4) is 11.4 Å². The van der Waals surface area contributed by atoms with Crippen molar-refractivity contribution in [2.75, 3.05) is 12.3 Å². The largest absolute Gasteiger partial charge is 0.394 e. The Morgan fingerprint density at radius 3 is 2.68 bits per heavy atom. The number of rotatable bonds is 5. The average molecular weight is 429 g/mol. The number of aromatic nitrogens is 6. The molecule has 1 aliphatic heterocycles. The lowest BCUT2D eigenvalue weighted by atomic mass is 9.89. The summed E-state index contributed by atoms with van der Waals surface area (Å²) >= 11 is 0. The molecule has 2 fully saturated rings. The van der Waals surface area contributed by atoms with E-state index in [1.807, 2.05) is 10.9 Å². The van der Waals surface area contributed by atoms with Crippen molar-refractivity contribution in [1.82, 2.24) is 29.3 Å². The third-order valence-electron chi connectivity index (χ3n) is 6.30. The minimum Gasteiger partial charge on any atom is -0.394 e. The molecule has 4 atom stereocenters. The minimum absolute atomic E-state index is 0.200. The number of aliphatic hydroxyl groups excluding tert-OH is 3. The molecule has 1 saturated carbocycles. The second kappa shape index (κ2) is 8.15. The zero-order chi connectivity index (χ0) is 21.5. The van der Waals surface area contributed by atoms with Gasteiger partial charge in [-0.25, -0.2) is 15.0 Å². The monoisotopic (exact) mass is 429 g/mol. The van der Waals surface area contributed by atoms with E-state index in [4.69, 9.17) is 10.5 Å². The van der Waals surface area contributed by atoms with E-state index in [1.165, 1.54) is 43.0 Å². The first kappa shape index (κ1) is 20.3. The Hall–Kier alpha value is -2.60. The van der Waals surface area contributed by atoms with Gasteiger partial charge in [-0.2, -0.15) is 5.10 Å². The van der Waals surface area contributed by atoms with E-state index in [2.05, 4.69) is 20.1 Å². The molecular formula is C20H27N7O4. The van der Waals surface area contributed by atoms with Gasteiger partial charge in [0.05, 0.1) is 24.7 Å². The summed E-state index contributed by atoms with van der Waals surface area (Å²) < 4.78 is 9.05. The van der Waals surface area contributed by atoms with Crippen molar-refractivity contribution in [2.24, 2.45) is 5.92 Å². The van der Waals surface area contributed by atoms with E-state index in [0.717, 1.165) is 12.1 Å². The van der Waals surface area contributed by atoms with Gasteiger partial charge in [0, 0.05) is 12.7 Å². The van der Waals surface area contributed by atoms with Gasteiger partial charge < -0.3 is 25.8 Å². The molecule has 5 N–H and O–H groups in total. The lowest BCUT2D eigenvalue weighted by Gasteiger charge is -2.21. The van der Waals surface area contributed by atoms with Crippen LogP contribution in [0.4, 0.5) is 5.82 Å². The van der Waals surface area contributed by atoms with Crippen LogP contribution in [0.25, 0.3) is 22.6 Å². The van der Waals surface area contributed by atoms with Crippen molar-refractivity contribution in [1.29, 1.82) is 0 Å². The summed E-state index contributed by atoms with van der Waals surface area (Å²) in [6.45, 7) is 0.460. The number of fused-ring (bicyclic) bond motifs is 1. The number of aliphatic hydroxyl groups is 3. The number of imidazole rings is 1. The molecule has 5 rings (SSSR count). The van der Waals surface area contributed by atoms with Gasteiger partial charge in [0.25, 0.3) is 0 Å². The molecule has 11 heteroatoms. The zero-order valence-corrected chi connectivity index (χ0v) is 17.1. The van der Waals surface area contributed by atoms with Crippen LogP contribution in [-0.2, 0) is 11.3 Å². The molecule has 4 heterocycles. The highest BCUT2D eigenvalue weighted by molar-refractivity contribution is 5.83. The van der Waals surface area contributed by atoms with Crippen molar-refractivity contribution in [3.63, 3.8) is 0 Å². The molecule has 166 valence electrons. The fourth-order valence-electron chi connectivity index (χ4n) is 4.58. The molecule has 0 aromatic carbocycles. The van der Waals surface area contributed by atoms with E-state index >= 15 is 0 Å². The highest BCUT2D eigenvalue weighted by atomic mass is 16.6. The summed E-state index contributed by atoms with van der Waals surface area (Å²) in [5, 5.41) is 34.3. The van der Waals surface area contributed by atoms with Gasteiger partial charge >= 0.3 is 0 Å². The Morgan fingerprint density at radius 1 is 1.13 bits per heavy atom. The van der Waals surface area contributed by atoms with E-state index in [1.54, 1.807) is 6.20 Å². The average Bonchev–Trinajstić information content (AvgIpc) is 3.48. The van der Waals surface area contributed by atoms with Crippen LogP contribution in [0.5, 0.6) is 0 Å². The van der Waals surface area contributed by atoms with E-state index in [0.29, 0.717) is 22.9 Å². The van der Waals surface area contributed by atoms with Crippen LogP contribution < -0.4 is 5.73 Å². The van der Waals surface area contributed by atoms with Gasteiger partial charge in [0.2, 0.25) is 0 Å². The normalized spacial score (nSPS) is 27.3. The SMILES string of the molecule is Nc1nc(-c2cnn(CC3CCCCC3)c2)nc2c1ncn2C1O[C@H](CO)[C@@H](O)[C@H]1O. The Balaban J connectivity index is 1.45. The molecular weight excluding hydrogens is 402 g/mol. The summed E-state index contributed by atoms with van der Waals surface area (Å²) in [5.74, 6) is 1.24. The Morgan fingerprint density at radius 2 is 1.94 bits per heavy atom. The topological polar surface area (TPSA) is 157 Å². The van der Waals surface area contributed by atoms with Crippen LogP contribution in [0.1, 0.15) is 38.3 Å². The van der Waals surface area contributed by atoms with Crippen molar-refractivity contribution in [3.05, 3.63) is 18.7 Å². The van der Waals surface area contributed by atoms with Crippen LogP contribution in [0.3, 0.4) is 0 Å². The molecule has 0 bridgehead atoms. The highest BCUT2D eigenvalue weighted by Crippen LogP contribution is 2.33. The molecule has 0 spiro atoms. The van der Waals surface area contributed by atoms with Crippen LogP contribution >= 0.6 is 0 Å². The maximum absolute atomic E-state index is 10.4. The molecule has 3 aromatic rings. The van der Waals surface area contributed by atoms with Gasteiger partial charge in [0.15, 0.2) is 23.5 Å². The first-order valence-corrected chi connectivity index (χ1v) is 10.7. The van der Waals surface area contributed by atoms with Crippen LogP contribution in [0.15, 0.2) is 18.7 Å². The van der Waals surface area contributed by atoms with Crippen LogP contribution in [0.2, 0.25) is 0 Å². The molecule has 1 aliphatic carbocycles. The zero-order valence-electron chi connectivity index (χ0n) is 17.1. The molecule has 1 saturated heterocycles. The molecule has 0 radical (unpaired) electrons. The molecule has 3 aromatic heterocycles. The number of hydrogen-bond acceptors (Lipinski definition) is 9. The first-order chi connectivity index (χ1) is 15.0. The standard InChI is InChI=1S/C20H27N7O4/c21-17-14-19(27(10-22-14)20-16(30)15(29)13(9-28)31-20)25-18(24-17)12-6-23-26(8-12)7-11-4-2-1-3-5-11/h6,8,10-11,13,15-16,20,28-30H,1-5,7,9H2,(H2,21,24,25)/t13-,15-,16-,20?/m1/s1. The van der Waals surface area contributed by atoms with Gasteiger partial charge in [-0.1, -0.05) is 19.3 Å². The summed E-state index contributed by atoms with van der Waals surface area (Å²) in [6, 6.07) is 0. The van der Waals surface area contributed by atoms with Gasteiger partial charge in [-0.05, 0) is 18.8 Å². The van der Waals surface area contributed by atoms with E-state index in [9.17, 15) is 15.3 Å². The van der Waals surface area contributed by atoms with Crippen LogP contribution in [0, 0.1) is 5.92 Å². The van der Waals surface area contributed by atoms with Gasteiger partial charge in [-0.15, -0.1) is 0 Å². The number of hydrogen-bond donors (Lipinski definition) is 4. The van der Waals surface area contributed by atoms with E-state index in [-0.39, 0.29) is 5.82 Å². The third kappa shape index (κ3) is 3.67. The summed E-state index contributed by atoms with van der Waals surface area (Å²) in [6.07, 6.45) is 7.10. The Bertz CT molecular complexity index is 1060. The fraction of sp³-hybridized carbons (Fsp3) is 0.600. The maximum Gasteiger partial charge on any atom is 0.168 e. The Labute approximate surface area is 178 Å². The second-order valence-corrected chi connectivity index (χ2v) is 8.44.